The number of likely N-dealkylation sites (N-methyl/N-ethyl adjacent to an activating group) is 1. The van der Waals surface area contributed by atoms with Crippen LogP contribution in [0.1, 0.15) is 18.4 Å². The number of ether oxygens (including phenoxy) is 1. The Labute approximate surface area is 104 Å². The van der Waals surface area contributed by atoms with E-state index in [-0.39, 0.29) is 0 Å². The average molecular weight is 234 g/mol. The summed E-state index contributed by atoms with van der Waals surface area (Å²) >= 11 is 0. The molecule has 0 radical (unpaired) electrons. The smallest absolute Gasteiger partial charge is 0.118 e. The Morgan fingerprint density at radius 3 is 2.76 bits per heavy atom. The van der Waals surface area contributed by atoms with Crippen molar-refractivity contribution >= 4 is 0 Å². The van der Waals surface area contributed by atoms with Crippen molar-refractivity contribution in [1.29, 1.82) is 0 Å². The number of benzene rings is 1. The van der Waals surface area contributed by atoms with Gasteiger partial charge in [-0.05, 0) is 44.1 Å². The summed E-state index contributed by atoms with van der Waals surface area (Å²) in [5.41, 5.74) is 1.36. The van der Waals surface area contributed by atoms with Crippen molar-refractivity contribution in [2.75, 3.05) is 27.2 Å². The highest BCUT2D eigenvalue weighted by Gasteiger charge is 2.18. The van der Waals surface area contributed by atoms with Crippen LogP contribution in [-0.4, -0.2) is 38.2 Å². The number of piperidine rings is 1. The van der Waals surface area contributed by atoms with E-state index in [2.05, 4.69) is 29.4 Å². The Balaban J connectivity index is 1.90. The molecule has 0 unspecified atom stereocenters. The first kappa shape index (κ1) is 12.4. The van der Waals surface area contributed by atoms with Gasteiger partial charge in [-0.15, -0.1) is 0 Å². The van der Waals surface area contributed by atoms with Crippen LogP contribution in [0.4, 0.5) is 0 Å². The van der Waals surface area contributed by atoms with Crippen molar-refractivity contribution in [3.8, 4) is 5.75 Å². The van der Waals surface area contributed by atoms with E-state index >= 15 is 0 Å². The molecule has 0 aromatic heterocycles. The molecule has 3 nitrogen and oxygen atoms in total. The van der Waals surface area contributed by atoms with Crippen LogP contribution in [0.15, 0.2) is 24.3 Å². The van der Waals surface area contributed by atoms with Crippen LogP contribution >= 0.6 is 0 Å². The predicted octanol–water partition coefficient (Wildman–Crippen LogP) is 1.88. The van der Waals surface area contributed by atoms with E-state index in [1.165, 1.54) is 24.9 Å². The Kier molecular flexibility index (Phi) is 4.40. The number of rotatable bonds is 4. The summed E-state index contributed by atoms with van der Waals surface area (Å²) in [7, 11) is 3.76. The van der Waals surface area contributed by atoms with Gasteiger partial charge in [0, 0.05) is 19.1 Å². The highest BCUT2D eigenvalue weighted by atomic mass is 16.5. The Bertz CT molecular complexity index is 337. The molecular formula is C14H22N2O. The highest BCUT2D eigenvalue weighted by molar-refractivity contribution is 5.27. The first-order valence-electron chi connectivity index (χ1n) is 6.34. The Morgan fingerprint density at radius 2 is 2.12 bits per heavy atom. The fourth-order valence-electron chi connectivity index (χ4n) is 2.42. The molecule has 0 bridgehead atoms. The maximum Gasteiger partial charge on any atom is 0.118 e. The van der Waals surface area contributed by atoms with Gasteiger partial charge in [-0.1, -0.05) is 12.1 Å². The van der Waals surface area contributed by atoms with Crippen molar-refractivity contribution in [3.63, 3.8) is 0 Å². The lowest BCUT2D eigenvalue weighted by atomic mass is 10.1. The SMILES string of the molecule is CN[C@H]1CCCN(Cc2ccc(OC)cc2)C1. The van der Waals surface area contributed by atoms with Crippen molar-refractivity contribution in [3.05, 3.63) is 29.8 Å². The Morgan fingerprint density at radius 1 is 1.35 bits per heavy atom. The number of nitrogens with zero attached hydrogens (tertiary/aromatic N) is 1. The molecule has 94 valence electrons. The molecule has 17 heavy (non-hydrogen) atoms. The minimum atomic E-state index is 0.655. The lowest BCUT2D eigenvalue weighted by Crippen LogP contribution is -2.43. The molecular weight excluding hydrogens is 212 g/mol. The van der Waals surface area contributed by atoms with Crippen molar-refractivity contribution < 1.29 is 4.74 Å². The van der Waals surface area contributed by atoms with E-state index in [0.29, 0.717) is 6.04 Å². The van der Waals surface area contributed by atoms with Gasteiger partial charge >= 0.3 is 0 Å². The van der Waals surface area contributed by atoms with Gasteiger partial charge < -0.3 is 10.1 Å². The molecule has 0 saturated carbocycles. The predicted molar refractivity (Wildman–Crippen MR) is 70.4 cm³/mol. The summed E-state index contributed by atoms with van der Waals surface area (Å²) in [4.78, 5) is 2.52. The van der Waals surface area contributed by atoms with E-state index in [9.17, 15) is 0 Å². The molecule has 1 N–H and O–H groups in total. The molecule has 1 aliphatic rings. The zero-order valence-corrected chi connectivity index (χ0v) is 10.8. The maximum atomic E-state index is 5.17. The fraction of sp³-hybridized carbons (Fsp3) is 0.571. The molecule has 3 heteroatoms. The third-order valence-corrected chi connectivity index (χ3v) is 3.48. The van der Waals surface area contributed by atoms with Gasteiger partial charge in [-0.25, -0.2) is 0 Å². The highest BCUT2D eigenvalue weighted by Crippen LogP contribution is 2.16. The monoisotopic (exact) mass is 234 g/mol. The van der Waals surface area contributed by atoms with E-state index in [1.54, 1.807) is 7.11 Å². The van der Waals surface area contributed by atoms with Gasteiger partial charge in [0.25, 0.3) is 0 Å². The summed E-state index contributed by atoms with van der Waals surface area (Å²) in [6.45, 7) is 3.41. The average Bonchev–Trinajstić information content (AvgIpc) is 2.40. The minimum Gasteiger partial charge on any atom is -0.497 e. The summed E-state index contributed by atoms with van der Waals surface area (Å²) < 4.78 is 5.17. The quantitative estimate of drug-likeness (QED) is 0.861. The molecule has 0 amide bonds. The van der Waals surface area contributed by atoms with Crippen LogP contribution in [-0.2, 0) is 6.54 Å². The fourth-order valence-corrected chi connectivity index (χ4v) is 2.42. The van der Waals surface area contributed by atoms with Gasteiger partial charge in [-0.2, -0.15) is 0 Å². The first-order chi connectivity index (χ1) is 8.31. The second-order valence-electron chi connectivity index (χ2n) is 4.71. The standard InChI is InChI=1S/C14H22N2O/c1-15-13-4-3-9-16(11-13)10-12-5-7-14(17-2)8-6-12/h5-8,13,15H,3-4,9-11H2,1-2H3/t13-/m0/s1. The van der Waals surface area contributed by atoms with Gasteiger partial charge in [0.15, 0.2) is 0 Å². The second-order valence-corrected chi connectivity index (χ2v) is 4.71. The molecule has 0 aliphatic carbocycles. The lowest BCUT2D eigenvalue weighted by molar-refractivity contribution is 0.188. The molecule has 1 aliphatic heterocycles. The van der Waals surface area contributed by atoms with Crippen LogP contribution in [0.2, 0.25) is 0 Å². The minimum absolute atomic E-state index is 0.655. The van der Waals surface area contributed by atoms with Gasteiger partial charge in [-0.3, -0.25) is 4.90 Å². The van der Waals surface area contributed by atoms with Crippen LogP contribution in [0.5, 0.6) is 5.75 Å². The maximum absolute atomic E-state index is 5.17. The first-order valence-corrected chi connectivity index (χ1v) is 6.34. The van der Waals surface area contributed by atoms with E-state index in [4.69, 9.17) is 4.74 Å². The Hall–Kier alpha value is -1.06. The van der Waals surface area contributed by atoms with Crippen molar-refractivity contribution in [2.24, 2.45) is 0 Å². The van der Waals surface area contributed by atoms with Crippen LogP contribution in [0.3, 0.4) is 0 Å². The zero-order chi connectivity index (χ0) is 12.1. The number of hydrogen-bond donors (Lipinski definition) is 1. The molecule has 1 fully saturated rings. The molecule has 0 spiro atoms. The summed E-state index contributed by atoms with van der Waals surface area (Å²) in [5.74, 6) is 0.931. The van der Waals surface area contributed by atoms with Crippen molar-refractivity contribution in [1.82, 2.24) is 10.2 Å². The van der Waals surface area contributed by atoms with Gasteiger partial charge in [0.2, 0.25) is 0 Å². The van der Waals surface area contributed by atoms with E-state index < -0.39 is 0 Å². The molecule has 1 atom stereocenters. The van der Waals surface area contributed by atoms with Crippen molar-refractivity contribution in [2.45, 2.75) is 25.4 Å². The number of methoxy groups -OCH3 is 1. The molecule has 1 aromatic carbocycles. The van der Waals surface area contributed by atoms with E-state index in [0.717, 1.165) is 18.8 Å². The van der Waals surface area contributed by atoms with Crippen LogP contribution in [0.25, 0.3) is 0 Å². The van der Waals surface area contributed by atoms with Gasteiger partial charge in [0.1, 0.15) is 5.75 Å². The summed E-state index contributed by atoms with van der Waals surface area (Å²) in [6.07, 6.45) is 2.59. The molecule has 1 aromatic rings. The molecule has 1 saturated heterocycles. The zero-order valence-electron chi connectivity index (χ0n) is 10.8. The summed E-state index contributed by atoms with van der Waals surface area (Å²) in [5, 5.41) is 3.38. The third-order valence-electron chi connectivity index (χ3n) is 3.48. The number of hydrogen-bond acceptors (Lipinski definition) is 3. The summed E-state index contributed by atoms with van der Waals surface area (Å²) in [6, 6.07) is 9.04. The lowest BCUT2D eigenvalue weighted by Gasteiger charge is -2.32. The number of nitrogens with one attached hydrogen (secondary N) is 1. The largest absolute Gasteiger partial charge is 0.497 e. The molecule has 1 heterocycles. The topological polar surface area (TPSA) is 24.5 Å². The van der Waals surface area contributed by atoms with Crippen LogP contribution in [0, 0.1) is 0 Å². The normalized spacial score (nSPS) is 21.4. The third kappa shape index (κ3) is 3.45. The molecule has 2 rings (SSSR count). The van der Waals surface area contributed by atoms with Gasteiger partial charge in [0.05, 0.1) is 7.11 Å². The van der Waals surface area contributed by atoms with Crippen LogP contribution < -0.4 is 10.1 Å². The second kappa shape index (κ2) is 6.03. The number of likely N-dealkylation sites (tertiary alicyclic amines) is 1. The van der Waals surface area contributed by atoms with E-state index in [1.807, 2.05) is 12.1 Å².